The molecule has 2 aliphatic heterocycles. The van der Waals surface area contributed by atoms with Crippen molar-refractivity contribution in [2.45, 2.75) is 26.3 Å². The number of hydrogen-bond acceptors (Lipinski definition) is 4. The van der Waals surface area contributed by atoms with E-state index in [-0.39, 0.29) is 0 Å². The molecular formula is C22H29N3O2. The summed E-state index contributed by atoms with van der Waals surface area (Å²) < 4.78 is 5.75. The molecule has 2 aliphatic rings. The van der Waals surface area contributed by atoms with Gasteiger partial charge in [0.25, 0.3) is 0 Å². The summed E-state index contributed by atoms with van der Waals surface area (Å²) in [6.07, 6.45) is 2.33. The second-order valence-corrected chi connectivity index (χ2v) is 7.75. The van der Waals surface area contributed by atoms with Gasteiger partial charge >= 0.3 is 0 Å². The molecule has 5 heteroatoms. The minimum Gasteiger partial charge on any atom is -0.461 e. The van der Waals surface area contributed by atoms with E-state index in [1.165, 1.54) is 5.56 Å². The Morgan fingerprint density at radius 2 is 1.70 bits per heavy atom. The van der Waals surface area contributed by atoms with Crippen molar-refractivity contribution in [2.75, 3.05) is 45.8 Å². The van der Waals surface area contributed by atoms with E-state index in [0.29, 0.717) is 12.5 Å². The third-order valence-electron chi connectivity index (χ3n) is 5.64. The Morgan fingerprint density at radius 1 is 0.963 bits per heavy atom. The summed E-state index contributed by atoms with van der Waals surface area (Å²) >= 11 is 0. The van der Waals surface area contributed by atoms with Gasteiger partial charge < -0.3 is 9.32 Å². The molecule has 27 heavy (non-hydrogen) atoms. The van der Waals surface area contributed by atoms with Crippen molar-refractivity contribution in [3.8, 4) is 11.3 Å². The number of rotatable bonds is 5. The minimum atomic E-state index is 0.308. The topological polar surface area (TPSA) is 39.9 Å². The molecular weight excluding hydrogens is 338 g/mol. The van der Waals surface area contributed by atoms with Crippen LogP contribution in [0, 0.1) is 6.92 Å². The minimum absolute atomic E-state index is 0.308. The fourth-order valence-electron chi connectivity index (χ4n) is 4.03. The van der Waals surface area contributed by atoms with Gasteiger partial charge in [0.2, 0.25) is 5.91 Å². The van der Waals surface area contributed by atoms with E-state index < -0.39 is 0 Å². The van der Waals surface area contributed by atoms with Crippen LogP contribution in [0.25, 0.3) is 11.3 Å². The molecule has 3 heterocycles. The molecule has 0 N–H and O–H groups in total. The molecule has 1 aromatic heterocycles. The normalized spacial score (nSPS) is 18.9. The molecule has 144 valence electrons. The third kappa shape index (κ3) is 4.60. The molecule has 1 aromatic carbocycles. The predicted molar refractivity (Wildman–Crippen MR) is 106 cm³/mol. The lowest BCUT2D eigenvalue weighted by Crippen LogP contribution is -2.49. The Bertz CT molecular complexity index is 771. The molecule has 0 radical (unpaired) electrons. The number of likely N-dealkylation sites (tertiary alicyclic amines) is 1. The maximum absolute atomic E-state index is 12.3. The summed E-state index contributed by atoms with van der Waals surface area (Å²) in [7, 11) is 0. The SMILES string of the molecule is Cc1ccc(-c2cccc(CN3CCN(CC(=O)N4CCCC4)CC3)c2)o1. The van der Waals surface area contributed by atoms with E-state index in [0.717, 1.165) is 75.7 Å². The molecule has 0 unspecified atom stereocenters. The maximum atomic E-state index is 12.3. The molecule has 0 saturated carbocycles. The number of aryl methyl sites for hydroxylation is 1. The first kappa shape index (κ1) is 18.3. The zero-order chi connectivity index (χ0) is 18.6. The van der Waals surface area contributed by atoms with E-state index in [1.54, 1.807) is 0 Å². The van der Waals surface area contributed by atoms with Crippen molar-refractivity contribution in [3.63, 3.8) is 0 Å². The van der Waals surface area contributed by atoms with E-state index in [4.69, 9.17) is 4.42 Å². The summed E-state index contributed by atoms with van der Waals surface area (Å²) in [6, 6.07) is 12.6. The fraction of sp³-hybridized carbons (Fsp3) is 0.500. The van der Waals surface area contributed by atoms with Crippen LogP contribution in [0.3, 0.4) is 0 Å². The molecule has 5 nitrogen and oxygen atoms in total. The molecule has 0 bridgehead atoms. The monoisotopic (exact) mass is 367 g/mol. The van der Waals surface area contributed by atoms with Crippen molar-refractivity contribution in [3.05, 3.63) is 47.7 Å². The van der Waals surface area contributed by atoms with Gasteiger partial charge in [0, 0.05) is 51.4 Å². The van der Waals surface area contributed by atoms with Crippen molar-refractivity contribution in [1.29, 1.82) is 0 Å². The van der Waals surface area contributed by atoms with Crippen LogP contribution in [0.1, 0.15) is 24.2 Å². The Kier molecular flexibility index (Phi) is 5.60. The number of nitrogens with zero attached hydrogens (tertiary/aromatic N) is 3. The molecule has 0 spiro atoms. The van der Waals surface area contributed by atoms with E-state index in [2.05, 4.69) is 34.1 Å². The highest BCUT2D eigenvalue weighted by atomic mass is 16.3. The number of furan rings is 1. The number of carbonyl (C=O) groups excluding carboxylic acids is 1. The Labute approximate surface area is 161 Å². The van der Waals surface area contributed by atoms with E-state index in [1.807, 2.05) is 24.0 Å². The van der Waals surface area contributed by atoms with Gasteiger partial charge in [-0.05, 0) is 43.5 Å². The predicted octanol–water partition coefficient (Wildman–Crippen LogP) is 3.00. The maximum Gasteiger partial charge on any atom is 0.236 e. The van der Waals surface area contributed by atoms with Gasteiger partial charge in [-0.3, -0.25) is 14.6 Å². The second kappa shape index (κ2) is 8.28. The van der Waals surface area contributed by atoms with Crippen molar-refractivity contribution in [2.24, 2.45) is 0 Å². The standard InChI is InChI=1S/C22H29N3O2/c1-18-7-8-21(27-18)20-6-4-5-19(15-20)16-23-11-13-24(14-12-23)17-22(26)25-9-2-3-10-25/h4-8,15H,2-3,9-14,16-17H2,1H3. The second-order valence-electron chi connectivity index (χ2n) is 7.75. The quantitative estimate of drug-likeness (QED) is 0.815. The van der Waals surface area contributed by atoms with Gasteiger partial charge in [0.1, 0.15) is 11.5 Å². The molecule has 0 atom stereocenters. The molecule has 2 saturated heterocycles. The summed E-state index contributed by atoms with van der Waals surface area (Å²) in [5.41, 5.74) is 2.44. The fourth-order valence-corrected chi connectivity index (χ4v) is 4.03. The van der Waals surface area contributed by atoms with E-state index in [9.17, 15) is 4.79 Å². The van der Waals surface area contributed by atoms with Crippen LogP contribution in [-0.4, -0.2) is 66.4 Å². The largest absolute Gasteiger partial charge is 0.461 e. The van der Waals surface area contributed by atoms with Crippen LogP contribution in [0.5, 0.6) is 0 Å². The van der Waals surface area contributed by atoms with E-state index >= 15 is 0 Å². The number of piperazine rings is 1. The van der Waals surface area contributed by atoms with Crippen LogP contribution < -0.4 is 0 Å². The first-order valence-electron chi connectivity index (χ1n) is 10.1. The zero-order valence-electron chi connectivity index (χ0n) is 16.2. The van der Waals surface area contributed by atoms with Crippen LogP contribution in [0.15, 0.2) is 40.8 Å². The van der Waals surface area contributed by atoms with Crippen molar-refractivity contribution >= 4 is 5.91 Å². The molecule has 0 aliphatic carbocycles. The summed E-state index contributed by atoms with van der Waals surface area (Å²) in [5.74, 6) is 2.18. The highest BCUT2D eigenvalue weighted by Gasteiger charge is 2.23. The lowest BCUT2D eigenvalue weighted by molar-refractivity contribution is -0.131. The van der Waals surface area contributed by atoms with Gasteiger partial charge in [-0.15, -0.1) is 0 Å². The average molecular weight is 367 g/mol. The van der Waals surface area contributed by atoms with Gasteiger partial charge in [-0.2, -0.15) is 0 Å². The number of benzene rings is 1. The lowest BCUT2D eigenvalue weighted by atomic mass is 10.1. The number of carbonyl (C=O) groups is 1. The Morgan fingerprint density at radius 3 is 2.41 bits per heavy atom. The molecule has 2 aromatic rings. The van der Waals surface area contributed by atoms with Gasteiger partial charge in [0.15, 0.2) is 0 Å². The zero-order valence-corrected chi connectivity index (χ0v) is 16.2. The highest BCUT2D eigenvalue weighted by Crippen LogP contribution is 2.23. The molecule has 2 fully saturated rings. The van der Waals surface area contributed by atoms with Crippen LogP contribution >= 0.6 is 0 Å². The number of amides is 1. The van der Waals surface area contributed by atoms with Gasteiger partial charge in [0.05, 0.1) is 6.54 Å². The smallest absolute Gasteiger partial charge is 0.236 e. The average Bonchev–Trinajstić information content (AvgIpc) is 3.35. The molecule has 1 amide bonds. The van der Waals surface area contributed by atoms with Crippen molar-refractivity contribution < 1.29 is 9.21 Å². The number of hydrogen-bond donors (Lipinski definition) is 0. The summed E-state index contributed by atoms with van der Waals surface area (Å²) in [4.78, 5) is 19.1. The van der Waals surface area contributed by atoms with Crippen LogP contribution in [0.4, 0.5) is 0 Å². The van der Waals surface area contributed by atoms with Crippen molar-refractivity contribution in [1.82, 2.24) is 14.7 Å². The van der Waals surface area contributed by atoms with Gasteiger partial charge in [-0.25, -0.2) is 0 Å². The lowest BCUT2D eigenvalue weighted by Gasteiger charge is -2.35. The van der Waals surface area contributed by atoms with Crippen LogP contribution in [0.2, 0.25) is 0 Å². The summed E-state index contributed by atoms with van der Waals surface area (Å²) in [5, 5.41) is 0. The Balaban J connectivity index is 1.28. The molecule has 4 rings (SSSR count). The van der Waals surface area contributed by atoms with Crippen LogP contribution in [-0.2, 0) is 11.3 Å². The van der Waals surface area contributed by atoms with Gasteiger partial charge in [-0.1, -0.05) is 18.2 Å². The Hall–Kier alpha value is -2.11. The third-order valence-corrected chi connectivity index (χ3v) is 5.64. The first-order valence-corrected chi connectivity index (χ1v) is 10.1. The first-order chi connectivity index (χ1) is 13.2. The summed E-state index contributed by atoms with van der Waals surface area (Å²) in [6.45, 7) is 9.36. The highest BCUT2D eigenvalue weighted by molar-refractivity contribution is 5.78.